The molecule has 1 aromatic rings. The molecule has 6 heteroatoms. The molecule has 0 fully saturated rings. The van der Waals surface area contributed by atoms with Gasteiger partial charge in [-0.1, -0.05) is 0 Å². The van der Waals surface area contributed by atoms with Crippen molar-refractivity contribution in [2.45, 2.75) is 0 Å². The molecular weight excluding hydrogens is 160 g/mol. The average Bonchev–Trinajstić information content (AvgIpc) is 2.49. The van der Waals surface area contributed by atoms with E-state index in [0.29, 0.717) is 11.5 Å². The van der Waals surface area contributed by atoms with E-state index in [9.17, 15) is 4.79 Å². The number of rotatable bonds is 0. The van der Waals surface area contributed by atoms with Gasteiger partial charge in [0.05, 0.1) is 12.5 Å². The molecule has 0 aliphatic carbocycles. The number of anilines is 1. The number of carboxylic acid groups (broad SMARTS) is 1. The number of amides is 1. The van der Waals surface area contributed by atoms with E-state index in [-0.39, 0.29) is 6.67 Å². The lowest BCUT2D eigenvalue weighted by molar-refractivity contribution is 0.201. The molecule has 0 saturated heterocycles. The number of hydrogen-bond acceptors (Lipinski definition) is 3. The van der Waals surface area contributed by atoms with Crippen LogP contribution in [0.1, 0.15) is 5.69 Å². The van der Waals surface area contributed by atoms with Crippen molar-refractivity contribution in [3.05, 3.63) is 12.0 Å². The highest BCUT2D eigenvalue weighted by molar-refractivity contribution is 5.95. The Balaban J connectivity index is 2.45. The quantitative estimate of drug-likeness (QED) is 0.580. The highest BCUT2D eigenvalue weighted by Crippen LogP contribution is 2.17. The molecular formula is C6H6N4O2. The maximum Gasteiger partial charge on any atom is 0.414 e. The second kappa shape index (κ2) is 2.33. The molecule has 2 rings (SSSR count). The Bertz CT molecular complexity index is 343. The molecule has 1 aliphatic heterocycles. The summed E-state index contributed by atoms with van der Waals surface area (Å²) in [7, 11) is 0. The summed E-state index contributed by atoms with van der Waals surface area (Å²) in [5, 5.41) is 8.70. The van der Waals surface area contributed by atoms with Gasteiger partial charge in [0.15, 0.2) is 5.82 Å². The molecule has 0 atom stereocenters. The summed E-state index contributed by atoms with van der Waals surface area (Å²) in [6, 6.07) is 0. The molecule has 0 aromatic carbocycles. The number of carbonyl (C=O) groups is 1. The lowest BCUT2D eigenvalue weighted by atomic mass is 10.4. The van der Waals surface area contributed by atoms with Gasteiger partial charge < -0.3 is 10.1 Å². The first-order valence-corrected chi connectivity index (χ1v) is 3.32. The van der Waals surface area contributed by atoms with Gasteiger partial charge in [-0.15, -0.1) is 0 Å². The van der Waals surface area contributed by atoms with Crippen LogP contribution in [0.5, 0.6) is 0 Å². The number of H-pyrrole nitrogens is 1. The van der Waals surface area contributed by atoms with Crippen molar-refractivity contribution in [2.75, 3.05) is 11.6 Å². The normalized spacial score (nSPS) is 14.5. The van der Waals surface area contributed by atoms with E-state index in [1.807, 2.05) is 0 Å². The van der Waals surface area contributed by atoms with E-state index in [2.05, 4.69) is 15.0 Å². The van der Waals surface area contributed by atoms with Gasteiger partial charge in [0.25, 0.3) is 0 Å². The first-order chi connectivity index (χ1) is 5.79. The summed E-state index contributed by atoms with van der Waals surface area (Å²) in [6.07, 6.45) is 1.97. The molecule has 1 aliphatic rings. The van der Waals surface area contributed by atoms with Crippen molar-refractivity contribution in [1.29, 1.82) is 0 Å². The van der Waals surface area contributed by atoms with Crippen LogP contribution in [-0.2, 0) is 0 Å². The van der Waals surface area contributed by atoms with Crippen LogP contribution in [0.3, 0.4) is 0 Å². The number of aliphatic imine (C=N–C) groups is 1. The summed E-state index contributed by atoms with van der Waals surface area (Å²) < 4.78 is 0. The van der Waals surface area contributed by atoms with Crippen LogP contribution in [-0.4, -0.2) is 34.1 Å². The van der Waals surface area contributed by atoms with Crippen molar-refractivity contribution in [1.82, 2.24) is 9.97 Å². The fourth-order valence-electron chi connectivity index (χ4n) is 1.04. The maximum absolute atomic E-state index is 10.6. The van der Waals surface area contributed by atoms with Crippen molar-refractivity contribution in [3.8, 4) is 0 Å². The topological polar surface area (TPSA) is 81.6 Å². The average molecular weight is 166 g/mol. The first-order valence-electron chi connectivity index (χ1n) is 3.32. The zero-order valence-corrected chi connectivity index (χ0v) is 6.06. The van der Waals surface area contributed by atoms with Gasteiger partial charge in [0.1, 0.15) is 12.4 Å². The Morgan fingerprint density at radius 2 is 2.58 bits per heavy atom. The van der Waals surface area contributed by atoms with E-state index in [0.717, 1.165) is 4.90 Å². The van der Waals surface area contributed by atoms with Crippen LogP contribution in [0.2, 0.25) is 0 Å². The Labute approximate surface area is 67.6 Å². The molecule has 62 valence electrons. The van der Waals surface area contributed by atoms with Gasteiger partial charge in [-0.25, -0.2) is 14.7 Å². The van der Waals surface area contributed by atoms with Gasteiger partial charge in [-0.05, 0) is 0 Å². The SMILES string of the molecule is O=C(O)N1CN=Cc2[nH]cnc21. The minimum absolute atomic E-state index is 0.118. The first kappa shape index (κ1) is 6.84. The minimum atomic E-state index is -1.04. The number of aromatic nitrogens is 2. The number of aromatic amines is 1. The summed E-state index contributed by atoms with van der Waals surface area (Å²) in [5.74, 6) is 0.414. The van der Waals surface area contributed by atoms with Crippen molar-refractivity contribution in [2.24, 2.45) is 4.99 Å². The second-order valence-corrected chi connectivity index (χ2v) is 2.30. The molecule has 0 radical (unpaired) electrons. The van der Waals surface area contributed by atoms with E-state index in [4.69, 9.17) is 5.11 Å². The van der Waals surface area contributed by atoms with Crippen LogP contribution < -0.4 is 4.90 Å². The van der Waals surface area contributed by atoms with Crippen molar-refractivity contribution >= 4 is 18.1 Å². The van der Waals surface area contributed by atoms with Crippen molar-refractivity contribution < 1.29 is 9.90 Å². The Morgan fingerprint density at radius 1 is 1.75 bits per heavy atom. The zero-order chi connectivity index (χ0) is 8.55. The van der Waals surface area contributed by atoms with Crippen LogP contribution in [0.15, 0.2) is 11.3 Å². The maximum atomic E-state index is 10.6. The number of nitrogens with one attached hydrogen (secondary N) is 1. The zero-order valence-electron chi connectivity index (χ0n) is 6.06. The molecule has 0 saturated carbocycles. The van der Waals surface area contributed by atoms with Crippen molar-refractivity contribution in [3.63, 3.8) is 0 Å². The molecule has 1 amide bonds. The summed E-state index contributed by atoms with van der Waals surface area (Å²) in [6.45, 7) is 0.118. The number of imidazole rings is 1. The summed E-state index contributed by atoms with van der Waals surface area (Å²) in [5.41, 5.74) is 0.628. The number of nitrogens with zero attached hydrogens (tertiary/aromatic N) is 3. The van der Waals surface area contributed by atoms with Gasteiger partial charge >= 0.3 is 6.09 Å². The van der Waals surface area contributed by atoms with Crippen LogP contribution in [0, 0.1) is 0 Å². The molecule has 2 heterocycles. The highest BCUT2D eigenvalue weighted by atomic mass is 16.4. The number of fused-ring (bicyclic) bond motifs is 1. The molecule has 2 N–H and O–H groups in total. The second-order valence-electron chi connectivity index (χ2n) is 2.30. The molecule has 1 aromatic heterocycles. The lowest BCUT2D eigenvalue weighted by Gasteiger charge is -2.17. The van der Waals surface area contributed by atoms with E-state index >= 15 is 0 Å². The lowest BCUT2D eigenvalue weighted by Crippen LogP contribution is -2.32. The highest BCUT2D eigenvalue weighted by Gasteiger charge is 2.21. The Morgan fingerprint density at radius 3 is 3.33 bits per heavy atom. The third kappa shape index (κ3) is 0.849. The molecule has 0 spiro atoms. The van der Waals surface area contributed by atoms with E-state index < -0.39 is 6.09 Å². The minimum Gasteiger partial charge on any atom is -0.465 e. The van der Waals surface area contributed by atoms with Gasteiger partial charge in [-0.3, -0.25) is 4.99 Å². The Hall–Kier alpha value is -1.85. The van der Waals surface area contributed by atoms with E-state index in [1.165, 1.54) is 6.33 Å². The molecule has 0 bridgehead atoms. The predicted octanol–water partition coefficient (Wildman–Crippen LogP) is 0.284. The third-order valence-electron chi connectivity index (χ3n) is 1.58. The summed E-state index contributed by atoms with van der Waals surface area (Å²) in [4.78, 5) is 22.2. The monoisotopic (exact) mass is 166 g/mol. The predicted molar refractivity (Wildman–Crippen MR) is 41.6 cm³/mol. The van der Waals surface area contributed by atoms with Gasteiger partial charge in [-0.2, -0.15) is 0 Å². The molecule has 0 unspecified atom stereocenters. The third-order valence-corrected chi connectivity index (χ3v) is 1.58. The standard InChI is InChI=1S/C6H6N4O2/c11-6(12)10-3-7-1-4-5(10)9-2-8-4/h1-2H,3H2,(H,8,9)(H,11,12). The van der Waals surface area contributed by atoms with Crippen LogP contribution in [0.25, 0.3) is 0 Å². The fraction of sp³-hybridized carbons (Fsp3) is 0.167. The fourth-order valence-corrected chi connectivity index (χ4v) is 1.04. The van der Waals surface area contributed by atoms with Crippen LogP contribution >= 0.6 is 0 Å². The summed E-state index contributed by atoms with van der Waals surface area (Å²) >= 11 is 0. The van der Waals surface area contributed by atoms with Crippen LogP contribution in [0.4, 0.5) is 10.6 Å². The van der Waals surface area contributed by atoms with Gasteiger partial charge in [0.2, 0.25) is 0 Å². The molecule has 12 heavy (non-hydrogen) atoms. The Kier molecular flexibility index (Phi) is 1.33. The number of hydrogen-bond donors (Lipinski definition) is 2. The van der Waals surface area contributed by atoms with E-state index in [1.54, 1.807) is 6.21 Å². The largest absolute Gasteiger partial charge is 0.465 e. The van der Waals surface area contributed by atoms with Gasteiger partial charge in [0, 0.05) is 0 Å². The smallest absolute Gasteiger partial charge is 0.414 e. The molecule has 6 nitrogen and oxygen atoms in total.